The molecule has 0 heterocycles. The summed E-state index contributed by atoms with van der Waals surface area (Å²) >= 11 is 11.7. The van der Waals surface area contributed by atoms with Gasteiger partial charge in [-0.05, 0) is 24.3 Å². The number of hydrogen-bond donors (Lipinski definition) is 1. The van der Waals surface area contributed by atoms with Crippen LogP contribution in [0.15, 0.2) is 36.4 Å². The fourth-order valence-electron chi connectivity index (χ4n) is 1.94. The van der Waals surface area contributed by atoms with Crippen molar-refractivity contribution in [2.24, 2.45) is 0 Å². The van der Waals surface area contributed by atoms with Crippen molar-refractivity contribution >= 4 is 46.2 Å². The van der Waals surface area contributed by atoms with Gasteiger partial charge >= 0.3 is 0 Å². The minimum absolute atomic E-state index is 0.0492. The van der Waals surface area contributed by atoms with Gasteiger partial charge in [0.1, 0.15) is 0 Å². The van der Waals surface area contributed by atoms with Gasteiger partial charge in [0.05, 0.1) is 33.0 Å². The molecule has 0 fully saturated rings. The summed E-state index contributed by atoms with van der Waals surface area (Å²) in [5.74, 6) is -0.559. The Labute approximate surface area is 145 Å². The van der Waals surface area contributed by atoms with E-state index in [2.05, 4.69) is 5.32 Å². The molecule has 24 heavy (non-hydrogen) atoms. The van der Waals surface area contributed by atoms with Crippen LogP contribution < -0.4 is 5.32 Å². The lowest BCUT2D eigenvalue weighted by Gasteiger charge is -2.08. The summed E-state index contributed by atoms with van der Waals surface area (Å²) in [6, 6.07) is 7.55. The van der Waals surface area contributed by atoms with Gasteiger partial charge in [-0.25, -0.2) is 0 Å². The van der Waals surface area contributed by atoms with Crippen molar-refractivity contribution in [3.05, 3.63) is 72.2 Å². The summed E-state index contributed by atoms with van der Waals surface area (Å²) in [5.41, 5.74) is -0.572. The zero-order valence-corrected chi connectivity index (χ0v) is 13.4. The summed E-state index contributed by atoms with van der Waals surface area (Å²) < 4.78 is 0. The van der Waals surface area contributed by atoms with Gasteiger partial charge in [-0.15, -0.1) is 0 Å². The SMILES string of the molecule is O=C(Cc1ccc([N+](=O)[O-])cc1[N+](=O)[O-])Nc1ccc(Cl)cc1Cl. The van der Waals surface area contributed by atoms with Crippen LogP contribution in [0.25, 0.3) is 0 Å². The van der Waals surface area contributed by atoms with Crippen molar-refractivity contribution in [2.75, 3.05) is 5.32 Å². The largest absolute Gasteiger partial charge is 0.324 e. The lowest BCUT2D eigenvalue weighted by Crippen LogP contribution is -2.15. The maximum atomic E-state index is 12.1. The van der Waals surface area contributed by atoms with Crippen molar-refractivity contribution in [1.82, 2.24) is 0 Å². The Bertz CT molecular complexity index is 841. The minimum Gasteiger partial charge on any atom is -0.324 e. The number of halogens is 2. The van der Waals surface area contributed by atoms with Crippen LogP contribution in [-0.4, -0.2) is 15.8 Å². The van der Waals surface area contributed by atoms with Crippen LogP contribution in [0.5, 0.6) is 0 Å². The maximum absolute atomic E-state index is 12.1. The number of nitro groups is 2. The highest BCUT2D eigenvalue weighted by Gasteiger charge is 2.21. The van der Waals surface area contributed by atoms with Crippen LogP contribution in [0.3, 0.4) is 0 Å². The van der Waals surface area contributed by atoms with Gasteiger partial charge in [-0.1, -0.05) is 23.2 Å². The Hall–Kier alpha value is -2.71. The molecule has 8 nitrogen and oxygen atoms in total. The summed E-state index contributed by atoms with van der Waals surface area (Å²) in [7, 11) is 0. The second kappa shape index (κ2) is 7.24. The number of amides is 1. The number of non-ortho nitro benzene ring substituents is 1. The van der Waals surface area contributed by atoms with E-state index >= 15 is 0 Å². The van der Waals surface area contributed by atoms with Gasteiger partial charge in [0, 0.05) is 16.7 Å². The quantitative estimate of drug-likeness (QED) is 0.631. The van der Waals surface area contributed by atoms with Crippen molar-refractivity contribution < 1.29 is 14.6 Å². The molecule has 0 unspecified atom stereocenters. The summed E-state index contributed by atoms with van der Waals surface area (Å²) in [6.45, 7) is 0. The lowest BCUT2D eigenvalue weighted by atomic mass is 10.1. The molecule has 0 bridgehead atoms. The van der Waals surface area contributed by atoms with Crippen molar-refractivity contribution in [1.29, 1.82) is 0 Å². The minimum atomic E-state index is -0.773. The molecule has 2 aromatic rings. The van der Waals surface area contributed by atoms with E-state index in [1.807, 2.05) is 0 Å². The number of nitrogens with one attached hydrogen (secondary N) is 1. The average molecular weight is 370 g/mol. The smallest absolute Gasteiger partial charge is 0.279 e. The van der Waals surface area contributed by atoms with E-state index < -0.39 is 27.1 Å². The number of carbonyl (C=O) groups excluding carboxylic acids is 1. The van der Waals surface area contributed by atoms with Crippen molar-refractivity contribution in [3.8, 4) is 0 Å². The Morgan fingerprint density at radius 1 is 1.04 bits per heavy atom. The van der Waals surface area contributed by atoms with Crippen LogP contribution in [-0.2, 0) is 11.2 Å². The molecule has 0 spiro atoms. The first-order valence-corrected chi connectivity index (χ1v) is 7.20. The molecule has 0 aliphatic carbocycles. The van der Waals surface area contributed by atoms with E-state index in [1.54, 1.807) is 0 Å². The number of nitro benzene ring substituents is 2. The van der Waals surface area contributed by atoms with Crippen LogP contribution in [0.2, 0.25) is 10.0 Å². The van der Waals surface area contributed by atoms with E-state index in [4.69, 9.17) is 23.2 Å². The third kappa shape index (κ3) is 4.18. The fourth-order valence-corrected chi connectivity index (χ4v) is 2.40. The highest BCUT2D eigenvalue weighted by molar-refractivity contribution is 6.36. The van der Waals surface area contributed by atoms with Gasteiger partial charge in [-0.3, -0.25) is 25.0 Å². The number of hydrogen-bond acceptors (Lipinski definition) is 5. The summed E-state index contributed by atoms with van der Waals surface area (Å²) in [5, 5.41) is 24.8. The molecule has 124 valence electrons. The first-order chi connectivity index (χ1) is 11.3. The van der Waals surface area contributed by atoms with E-state index in [0.29, 0.717) is 10.7 Å². The molecule has 1 amide bonds. The van der Waals surface area contributed by atoms with Gasteiger partial charge in [0.2, 0.25) is 5.91 Å². The number of nitrogens with zero attached hydrogens (tertiary/aromatic N) is 2. The molecule has 0 aromatic heterocycles. The maximum Gasteiger partial charge on any atom is 0.279 e. The van der Waals surface area contributed by atoms with Gasteiger partial charge in [0.25, 0.3) is 11.4 Å². The first-order valence-electron chi connectivity index (χ1n) is 6.44. The fraction of sp³-hybridized carbons (Fsp3) is 0.0714. The number of carbonyl (C=O) groups is 1. The van der Waals surface area contributed by atoms with Crippen LogP contribution >= 0.6 is 23.2 Å². The summed E-state index contributed by atoms with van der Waals surface area (Å²) in [4.78, 5) is 32.3. The van der Waals surface area contributed by atoms with Crippen molar-refractivity contribution in [3.63, 3.8) is 0 Å². The highest BCUT2D eigenvalue weighted by Crippen LogP contribution is 2.27. The topological polar surface area (TPSA) is 115 Å². The Balaban J connectivity index is 2.22. The van der Waals surface area contributed by atoms with Gasteiger partial charge in [0.15, 0.2) is 0 Å². The third-order valence-corrected chi connectivity index (χ3v) is 3.58. The molecule has 0 radical (unpaired) electrons. The molecule has 0 aliphatic heterocycles. The van der Waals surface area contributed by atoms with E-state index in [0.717, 1.165) is 12.1 Å². The predicted octanol–water partition coefficient (Wildman–Crippen LogP) is 3.99. The zero-order valence-electron chi connectivity index (χ0n) is 11.9. The molecule has 2 aromatic carbocycles. The monoisotopic (exact) mass is 369 g/mol. The molecular formula is C14H9Cl2N3O5. The van der Waals surface area contributed by atoms with Gasteiger partial charge in [-0.2, -0.15) is 0 Å². The average Bonchev–Trinajstić information content (AvgIpc) is 2.50. The first kappa shape index (κ1) is 17.6. The highest BCUT2D eigenvalue weighted by atomic mass is 35.5. The zero-order chi connectivity index (χ0) is 17.9. The van der Waals surface area contributed by atoms with Crippen LogP contribution in [0.4, 0.5) is 17.1 Å². The molecule has 0 aliphatic rings. The molecule has 0 saturated heterocycles. The molecule has 10 heteroatoms. The number of anilines is 1. The summed E-state index contributed by atoms with van der Waals surface area (Å²) in [6.07, 6.45) is -0.340. The Morgan fingerprint density at radius 3 is 2.33 bits per heavy atom. The van der Waals surface area contributed by atoms with Crippen LogP contribution in [0, 0.1) is 20.2 Å². The van der Waals surface area contributed by atoms with Crippen molar-refractivity contribution in [2.45, 2.75) is 6.42 Å². The van der Waals surface area contributed by atoms with E-state index in [1.165, 1.54) is 24.3 Å². The van der Waals surface area contributed by atoms with Crippen LogP contribution in [0.1, 0.15) is 5.56 Å². The standard InChI is InChI=1S/C14H9Cl2N3O5/c15-9-2-4-12(11(16)6-9)17-14(20)5-8-1-3-10(18(21)22)7-13(8)19(23)24/h1-4,6-7H,5H2,(H,17,20). The normalized spacial score (nSPS) is 10.2. The Kier molecular flexibility index (Phi) is 5.32. The third-order valence-electron chi connectivity index (χ3n) is 3.03. The molecule has 0 saturated carbocycles. The number of rotatable bonds is 5. The number of benzene rings is 2. The lowest BCUT2D eigenvalue weighted by molar-refractivity contribution is -0.394. The van der Waals surface area contributed by atoms with E-state index in [-0.39, 0.29) is 17.0 Å². The predicted molar refractivity (Wildman–Crippen MR) is 88.5 cm³/mol. The molecule has 0 atom stereocenters. The second-order valence-electron chi connectivity index (χ2n) is 4.68. The second-order valence-corrected chi connectivity index (χ2v) is 5.52. The Morgan fingerprint density at radius 2 is 1.75 bits per heavy atom. The molecule has 2 rings (SSSR count). The van der Waals surface area contributed by atoms with Gasteiger partial charge < -0.3 is 5.32 Å². The van der Waals surface area contributed by atoms with E-state index in [9.17, 15) is 25.0 Å². The molecule has 1 N–H and O–H groups in total. The molecular weight excluding hydrogens is 361 g/mol.